The summed E-state index contributed by atoms with van der Waals surface area (Å²) >= 11 is 0. The standard InChI is InChI=1S/C16H23N3O4/c1-7-22-16(21)11-12(23-9(4)5)10-14(19(11)6)17-13(8(2)3)18-15(10)20/h8-9H,7H2,1-6H3,(H,17,18,20). The van der Waals surface area contributed by atoms with E-state index in [9.17, 15) is 9.59 Å². The topological polar surface area (TPSA) is 86.2 Å². The Kier molecular flexibility index (Phi) is 4.77. The van der Waals surface area contributed by atoms with Crippen LogP contribution in [0.3, 0.4) is 0 Å². The number of carbonyl (C=O) groups is 1. The van der Waals surface area contributed by atoms with Crippen molar-refractivity contribution < 1.29 is 14.3 Å². The molecule has 126 valence electrons. The molecule has 0 unspecified atom stereocenters. The molecular weight excluding hydrogens is 298 g/mol. The lowest BCUT2D eigenvalue weighted by Gasteiger charge is -2.11. The van der Waals surface area contributed by atoms with Crippen LogP contribution in [0.15, 0.2) is 4.79 Å². The number of rotatable bonds is 5. The molecule has 2 heterocycles. The Labute approximate surface area is 134 Å². The van der Waals surface area contributed by atoms with Crippen LogP contribution in [0.4, 0.5) is 0 Å². The van der Waals surface area contributed by atoms with E-state index in [1.54, 1.807) is 18.5 Å². The normalized spacial score (nSPS) is 11.5. The van der Waals surface area contributed by atoms with Crippen LogP contribution in [-0.4, -0.2) is 33.2 Å². The zero-order valence-corrected chi connectivity index (χ0v) is 14.4. The predicted octanol–water partition coefficient (Wildman–Crippen LogP) is 2.35. The van der Waals surface area contributed by atoms with Crippen molar-refractivity contribution >= 4 is 17.0 Å². The molecule has 2 rings (SSSR count). The number of esters is 1. The van der Waals surface area contributed by atoms with Crippen LogP contribution in [-0.2, 0) is 11.8 Å². The van der Waals surface area contributed by atoms with Crippen LogP contribution in [0, 0.1) is 0 Å². The Morgan fingerprint density at radius 2 is 1.96 bits per heavy atom. The largest absolute Gasteiger partial charge is 0.488 e. The molecule has 7 heteroatoms. The van der Waals surface area contributed by atoms with Crippen molar-refractivity contribution in [3.63, 3.8) is 0 Å². The van der Waals surface area contributed by atoms with E-state index in [1.807, 2.05) is 27.7 Å². The maximum Gasteiger partial charge on any atom is 0.358 e. The molecule has 2 aromatic heterocycles. The van der Waals surface area contributed by atoms with Gasteiger partial charge in [-0.15, -0.1) is 0 Å². The third kappa shape index (κ3) is 3.09. The fourth-order valence-electron chi connectivity index (χ4n) is 2.36. The van der Waals surface area contributed by atoms with Crippen molar-refractivity contribution in [2.24, 2.45) is 7.05 Å². The summed E-state index contributed by atoms with van der Waals surface area (Å²) in [6, 6.07) is 0. The van der Waals surface area contributed by atoms with Gasteiger partial charge in [0, 0.05) is 13.0 Å². The number of hydrogen-bond donors (Lipinski definition) is 1. The van der Waals surface area contributed by atoms with E-state index in [-0.39, 0.29) is 41.0 Å². The molecule has 0 aromatic carbocycles. The molecule has 0 aliphatic rings. The average molecular weight is 321 g/mol. The van der Waals surface area contributed by atoms with Crippen molar-refractivity contribution in [3.05, 3.63) is 21.9 Å². The van der Waals surface area contributed by atoms with E-state index in [2.05, 4.69) is 9.97 Å². The van der Waals surface area contributed by atoms with E-state index in [1.165, 1.54) is 0 Å². The first-order valence-corrected chi connectivity index (χ1v) is 7.74. The molecule has 0 saturated heterocycles. The minimum atomic E-state index is -0.533. The van der Waals surface area contributed by atoms with Gasteiger partial charge < -0.3 is 19.0 Å². The first-order valence-electron chi connectivity index (χ1n) is 7.74. The molecule has 1 N–H and O–H groups in total. The number of H-pyrrole nitrogens is 1. The highest BCUT2D eigenvalue weighted by Crippen LogP contribution is 2.31. The van der Waals surface area contributed by atoms with Crippen LogP contribution in [0.2, 0.25) is 0 Å². The lowest BCUT2D eigenvalue weighted by molar-refractivity contribution is 0.0509. The van der Waals surface area contributed by atoms with Crippen LogP contribution < -0.4 is 10.3 Å². The summed E-state index contributed by atoms with van der Waals surface area (Å²) in [6.07, 6.45) is -0.196. The Balaban J connectivity index is 2.83. The molecule has 0 amide bonds. The van der Waals surface area contributed by atoms with Gasteiger partial charge in [0.2, 0.25) is 0 Å². The minimum absolute atomic E-state index is 0.0579. The van der Waals surface area contributed by atoms with Crippen molar-refractivity contribution in [2.75, 3.05) is 6.61 Å². The number of fused-ring (bicyclic) bond motifs is 1. The summed E-state index contributed by atoms with van der Waals surface area (Å²) in [5.74, 6) is 0.311. The molecule has 0 fully saturated rings. The molecule has 0 bridgehead atoms. The second kappa shape index (κ2) is 6.44. The summed E-state index contributed by atoms with van der Waals surface area (Å²) < 4.78 is 12.4. The Bertz CT molecular complexity index is 787. The van der Waals surface area contributed by atoms with Crippen molar-refractivity contribution in [1.82, 2.24) is 14.5 Å². The van der Waals surface area contributed by atoms with Crippen LogP contribution in [0.5, 0.6) is 5.75 Å². The molecule has 0 atom stereocenters. The molecular formula is C16H23N3O4. The van der Waals surface area contributed by atoms with E-state index in [0.29, 0.717) is 11.5 Å². The molecule has 7 nitrogen and oxygen atoms in total. The second-order valence-corrected chi connectivity index (χ2v) is 5.93. The SMILES string of the molecule is CCOC(=O)c1c(OC(C)C)c2c(=O)[nH]c(C(C)C)nc2n1C. The van der Waals surface area contributed by atoms with Gasteiger partial charge in [0.25, 0.3) is 5.56 Å². The Hall–Kier alpha value is -2.31. The lowest BCUT2D eigenvalue weighted by atomic mass is 10.2. The zero-order chi connectivity index (χ0) is 17.3. The molecule has 0 radical (unpaired) electrons. The van der Waals surface area contributed by atoms with E-state index in [4.69, 9.17) is 9.47 Å². The number of aromatic amines is 1. The summed E-state index contributed by atoms with van der Waals surface area (Å²) in [7, 11) is 1.68. The fraction of sp³-hybridized carbons (Fsp3) is 0.562. The smallest absolute Gasteiger partial charge is 0.358 e. The number of nitrogens with one attached hydrogen (secondary N) is 1. The molecule has 0 spiro atoms. The van der Waals surface area contributed by atoms with Crippen LogP contribution in [0.1, 0.15) is 56.8 Å². The molecule has 23 heavy (non-hydrogen) atoms. The highest BCUT2D eigenvalue weighted by molar-refractivity contribution is 6.00. The van der Waals surface area contributed by atoms with E-state index < -0.39 is 5.97 Å². The molecule has 0 aliphatic heterocycles. The predicted molar refractivity (Wildman–Crippen MR) is 87.1 cm³/mol. The van der Waals surface area contributed by atoms with Gasteiger partial charge in [-0.3, -0.25) is 4.79 Å². The second-order valence-electron chi connectivity index (χ2n) is 5.93. The summed E-state index contributed by atoms with van der Waals surface area (Å²) in [4.78, 5) is 32.1. The number of carbonyl (C=O) groups excluding carboxylic acids is 1. The number of ether oxygens (including phenoxy) is 2. The summed E-state index contributed by atoms with van der Waals surface area (Å²) in [6.45, 7) is 9.50. The Morgan fingerprint density at radius 3 is 2.48 bits per heavy atom. The number of aryl methyl sites for hydroxylation is 1. The van der Waals surface area contributed by atoms with Gasteiger partial charge in [-0.1, -0.05) is 13.8 Å². The fourth-order valence-corrected chi connectivity index (χ4v) is 2.36. The van der Waals surface area contributed by atoms with E-state index >= 15 is 0 Å². The van der Waals surface area contributed by atoms with Gasteiger partial charge in [-0.2, -0.15) is 0 Å². The van der Waals surface area contributed by atoms with Crippen LogP contribution in [0.25, 0.3) is 11.0 Å². The third-order valence-electron chi connectivity index (χ3n) is 3.38. The minimum Gasteiger partial charge on any atom is -0.488 e. The number of nitrogens with zero attached hydrogens (tertiary/aromatic N) is 2. The zero-order valence-electron chi connectivity index (χ0n) is 14.4. The van der Waals surface area contributed by atoms with Gasteiger partial charge >= 0.3 is 5.97 Å². The number of hydrogen-bond acceptors (Lipinski definition) is 5. The maximum atomic E-state index is 12.5. The van der Waals surface area contributed by atoms with Gasteiger partial charge in [-0.25, -0.2) is 9.78 Å². The van der Waals surface area contributed by atoms with Crippen molar-refractivity contribution in [1.29, 1.82) is 0 Å². The quantitative estimate of drug-likeness (QED) is 0.854. The highest BCUT2D eigenvalue weighted by atomic mass is 16.5. The first-order chi connectivity index (χ1) is 10.8. The van der Waals surface area contributed by atoms with Crippen molar-refractivity contribution in [2.45, 2.75) is 46.6 Å². The van der Waals surface area contributed by atoms with Crippen LogP contribution >= 0.6 is 0 Å². The summed E-state index contributed by atoms with van der Waals surface area (Å²) in [5.41, 5.74) is 0.297. The lowest BCUT2D eigenvalue weighted by Crippen LogP contribution is -2.15. The van der Waals surface area contributed by atoms with Crippen molar-refractivity contribution in [3.8, 4) is 5.75 Å². The number of aromatic nitrogens is 3. The van der Waals surface area contributed by atoms with E-state index in [0.717, 1.165) is 0 Å². The van der Waals surface area contributed by atoms with Gasteiger partial charge in [0.05, 0.1) is 12.7 Å². The monoisotopic (exact) mass is 321 g/mol. The first kappa shape index (κ1) is 17.1. The molecule has 0 saturated carbocycles. The van der Waals surface area contributed by atoms with Gasteiger partial charge in [-0.05, 0) is 20.8 Å². The average Bonchev–Trinajstić information content (AvgIpc) is 2.71. The third-order valence-corrected chi connectivity index (χ3v) is 3.38. The van der Waals surface area contributed by atoms with Gasteiger partial charge in [0.15, 0.2) is 17.1 Å². The van der Waals surface area contributed by atoms with Gasteiger partial charge in [0.1, 0.15) is 11.2 Å². The Morgan fingerprint density at radius 1 is 1.30 bits per heavy atom. The maximum absolute atomic E-state index is 12.5. The summed E-state index contributed by atoms with van der Waals surface area (Å²) in [5, 5.41) is 0.272. The highest BCUT2D eigenvalue weighted by Gasteiger charge is 2.28. The molecule has 2 aromatic rings. The molecule has 0 aliphatic carbocycles.